The summed E-state index contributed by atoms with van der Waals surface area (Å²) in [5, 5.41) is 0. The molecule has 0 saturated heterocycles. The van der Waals surface area contributed by atoms with E-state index in [4.69, 9.17) is 4.74 Å². The summed E-state index contributed by atoms with van der Waals surface area (Å²) in [5.74, 6) is 0.313. The van der Waals surface area contributed by atoms with Crippen molar-refractivity contribution in [1.29, 1.82) is 0 Å². The van der Waals surface area contributed by atoms with Gasteiger partial charge in [0, 0.05) is 11.4 Å². The minimum atomic E-state index is -0.295. The summed E-state index contributed by atoms with van der Waals surface area (Å²) >= 11 is 3.29. The number of hydrogen-bond donors (Lipinski definition) is 0. The zero-order valence-corrected chi connectivity index (χ0v) is 8.51. The Bertz CT molecular complexity index is 307. The van der Waals surface area contributed by atoms with E-state index in [0.29, 0.717) is 5.75 Å². The van der Waals surface area contributed by atoms with Crippen molar-refractivity contribution < 1.29 is 9.53 Å². The molecule has 3 heteroatoms. The van der Waals surface area contributed by atoms with Gasteiger partial charge in [0.05, 0.1) is 0 Å². The van der Waals surface area contributed by atoms with Crippen molar-refractivity contribution in [3.05, 3.63) is 28.2 Å². The van der Waals surface area contributed by atoms with Crippen LogP contribution in [0.25, 0.3) is 0 Å². The second kappa shape index (κ2) is 3.72. The molecule has 1 rings (SSSR count). The van der Waals surface area contributed by atoms with Crippen LogP contribution in [0.5, 0.6) is 5.75 Å². The second-order valence-corrected chi connectivity index (χ2v) is 3.42. The molecule has 0 N–H and O–H groups in total. The molecule has 0 aliphatic heterocycles. The second-order valence-electron chi connectivity index (χ2n) is 2.50. The van der Waals surface area contributed by atoms with Gasteiger partial charge in [0.25, 0.3) is 0 Å². The average Bonchev–Trinajstić information content (AvgIpc) is 1.96. The highest BCUT2D eigenvalue weighted by Crippen LogP contribution is 2.22. The lowest BCUT2D eigenvalue weighted by molar-refractivity contribution is -0.131. The van der Waals surface area contributed by atoms with Crippen molar-refractivity contribution in [2.75, 3.05) is 0 Å². The molecular weight excluding hydrogens is 220 g/mol. The van der Waals surface area contributed by atoms with Crippen molar-refractivity contribution in [3.8, 4) is 5.75 Å². The van der Waals surface area contributed by atoms with E-state index < -0.39 is 0 Å². The smallest absolute Gasteiger partial charge is 0.308 e. The van der Waals surface area contributed by atoms with Crippen molar-refractivity contribution in [2.24, 2.45) is 0 Å². The van der Waals surface area contributed by atoms with Crippen molar-refractivity contribution in [1.82, 2.24) is 0 Å². The van der Waals surface area contributed by atoms with Crippen LogP contribution in [0, 0.1) is 6.92 Å². The summed E-state index contributed by atoms with van der Waals surface area (Å²) in [5.41, 5.74) is 0.952. The van der Waals surface area contributed by atoms with E-state index in [2.05, 4.69) is 15.9 Å². The van der Waals surface area contributed by atoms with E-state index in [1.54, 1.807) is 6.07 Å². The summed E-state index contributed by atoms with van der Waals surface area (Å²) in [6.45, 7) is 3.28. The molecule has 0 atom stereocenters. The normalized spacial score (nSPS) is 9.58. The number of halogens is 1. The van der Waals surface area contributed by atoms with Gasteiger partial charge in [-0.25, -0.2) is 0 Å². The van der Waals surface area contributed by atoms with Crippen molar-refractivity contribution in [2.45, 2.75) is 13.8 Å². The van der Waals surface area contributed by atoms with Crippen molar-refractivity contribution >= 4 is 21.9 Å². The van der Waals surface area contributed by atoms with Crippen LogP contribution in [0.4, 0.5) is 0 Å². The standard InChI is InChI=1S/C9H9BrO2/c1-6-3-4-8(10)5-9(6)12-7(2)11/h3-5H,1-2H3. The number of aryl methyl sites for hydroxylation is 1. The fourth-order valence-corrected chi connectivity index (χ4v) is 1.18. The highest BCUT2D eigenvalue weighted by atomic mass is 79.9. The molecule has 0 amide bonds. The van der Waals surface area contributed by atoms with Gasteiger partial charge in [0.15, 0.2) is 0 Å². The van der Waals surface area contributed by atoms with Gasteiger partial charge in [-0.15, -0.1) is 0 Å². The maximum atomic E-state index is 10.6. The Labute approximate surface area is 79.7 Å². The van der Waals surface area contributed by atoms with Crippen LogP contribution in [-0.2, 0) is 4.79 Å². The first-order valence-electron chi connectivity index (χ1n) is 3.54. The minimum absolute atomic E-state index is 0.295. The quantitative estimate of drug-likeness (QED) is 0.546. The van der Waals surface area contributed by atoms with Crippen LogP contribution in [0.1, 0.15) is 12.5 Å². The van der Waals surface area contributed by atoms with Crippen LogP contribution in [-0.4, -0.2) is 5.97 Å². The molecule has 0 bridgehead atoms. The zero-order valence-electron chi connectivity index (χ0n) is 6.93. The molecule has 0 unspecified atom stereocenters. The maximum absolute atomic E-state index is 10.6. The van der Waals surface area contributed by atoms with Crippen LogP contribution in [0.3, 0.4) is 0 Å². The molecule has 0 aromatic heterocycles. The third-order valence-corrected chi connectivity index (χ3v) is 1.90. The molecule has 2 nitrogen and oxygen atoms in total. The summed E-state index contributed by atoms with van der Waals surface area (Å²) in [6, 6.07) is 5.57. The lowest BCUT2D eigenvalue weighted by Crippen LogP contribution is -2.02. The fraction of sp³-hybridized carbons (Fsp3) is 0.222. The van der Waals surface area contributed by atoms with Crippen LogP contribution >= 0.6 is 15.9 Å². The first kappa shape index (κ1) is 9.26. The van der Waals surface area contributed by atoms with Gasteiger partial charge in [0.2, 0.25) is 0 Å². The minimum Gasteiger partial charge on any atom is -0.426 e. The summed E-state index contributed by atoms with van der Waals surface area (Å²) in [6.07, 6.45) is 0. The first-order valence-corrected chi connectivity index (χ1v) is 4.33. The number of carbonyl (C=O) groups is 1. The van der Waals surface area contributed by atoms with Gasteiger partial charge in [-0.2, -0.15) is 0 Å². The van der Waals surface area contributed by atoms with E-state index in [1.165, 1.54) is 6.92 Å². The third-order valence-electron chi connectivity index (χ3n) is 1.40. The highest BCUT2D eigenvalue weighted by Gasteiger charge is 2.02. The van der Waals surface area contributed by atoms with Gasteiger partial charge < -0.3 is 4.74 Å². The Balaban J connectivity index is 2.97. The SMILES string of the molecule is CC(=O)Oc1cc(Br)ccc1C. The van der Waals surface area contributed by atoms with Gasteiger partial charge >= 0.3 is 5.97 Å². The number of ether oxygens (including phenoxy) is 1. The van der Waals surface area contributed by atoms with E-state index in [9.17, 15) is 4.79 Å². The average molecular weight is 229 g/mol. The highest BCUT2D eigenvalue weighted by molar-refractivity contribution is 9.10. The molecule has 0 spiro atoms. The molecule has 1 aromatic carbocycles. The van der Waals surface area contributed by atoms with E-state index in [1.807, 2.05) is 19.1 Å². The molecule has 0 radical (unpaired) electrons. The molecule has 0 aliphatic carbocycles. The number of carbonyl (C=O) groups excluding carboxylic acids is 1. The molecule has 0 aliphatic rings. The van der Waals surface area contributed by atoms with E-state index in [-0.39, 0.29) is 5.97 Å². The molecule has 0 saturated carbocycles. The van der Waals surface area contributed by atoms with Crippen LogP contribution in [0.2, 0.25) is 0 Å². The molecule has 0 fully saturated rings. The molecule has 12 heavy (non-hydrogen) atoms. The maximum Gasteiger partial charge on any atom is 0.308 e. The van der Waals surface area contributed by atoms with Gasteiger partial charge in [0.1, 0.15) is 5.75 Å². The summed E-state index contributed by atoms with van der Waals surface area (Å²) < 4.78 is 5.86. The van der Waals surface area contributed by atoms with Gasteiger partial charge in [-0.1, -0.05) is 22.0 Å². The Kier molecular flexibility index (Phi) is 2.87. The number of benzene rings is 1. The van der Waals surface area contributed by atoms with E-state index >= 15 is 0 Å². The largest absolute Gasteiger partial charge is 0.426 e. The predicted octanol–water partition coefficient (Wildman–Crippen LogP) is 2.68. The monoisotopic (exact) mass is 228 g/mol. The lowest BCUT2D eigenvalue weighted by Gasteiger charge is -2.04. The van der Waals surface area contributed by atoms with Crippen LogP contribution < -0.4 is 4.74 Å². The Hall–Kier alpha value is -0.830. The number of rotatable bonds is 1. The van der Waals surface area contributed by atoms with Crippen molar-refractivity contribution in [3.63, 3.8) is 0 Å². The van der Waals surface area contributed by atoms with Gasteiger partial charge in [-0.05, 0) is 24.6 Å². The Morgan fingerprint density at radius 3 is 2.75 bits per heavy atom. The molecule has 64 valence electrons. The van der Waals surface area contributed by atoms with Crippen LogP contribution in [0.15, 0.2) is 22.7 Å². The third kappa shape index (κ3) is 2.34. The fourth-order valence-electron chi connectivity index (χ4n) is 0.839. The molecule has 1 aromatic rings. The molecular formula is C9H9BrO2. The lowest BCUT2D eigenvalue weighted by atomic mass is 10.2. The number of hydrogen-bond acceptors (Lipinski definition) is 2. The summed E-state index contributed by atoms with van der Waals surface area (Å²) in [4.78, 5) is 10.6. The number of esters is 1. The Morgan fingerprint density at radius 1 is 1.50 bits per heavy atom. The predicted molar refractivity (Wildman–Crippen MR) is 50.2 cm³/mol. The zero-order chi connectivity index (χ0) is 9.14. The first-order chi connectivity index (χ1) is 5.59. The Morgan fingerprint density at radius 2 is 2.17 bits per heavy atom. The topological polar surface area (TPSA) is 26.3 Å². The molecule has 0 heterocycles. The summed E-state index contributed by atoms with van der Waals surface area (Å²) in [7, 11) is 0. The van der Waals surface area contributed by atoms with E-state index in [0.717, 1.165) is 10.0 Å². The van der Waals surface area contributed by atoms with Gasteiger partial charge in [-0.3, -0.25) is 4.79 Å².